The number of aromatic nitrogens is 2. The van der Waals surface area contributed by atoms with Crippen LogP contribution in [0.2, 0.25) is 5.02 Å². The Kier molecular flexibility index (Phi) is 3.40. The smallest absolute Gasteiger partial charge is 0.318 e. The number of benzene rings is 1. The monoisotopic (exact) mass is 278 g/mol. The molecule has 5 nitrogen and oxygen atoms in total. The second kappa shape index (κ2) is 5.19. The Balaban J connectivity index is 1.81. The molecule has 0 radical (unpaired) electrons. The zero-order chi connectivity index (χ0) is 13.2. The molecule has 2 aromatic rings. The van der Waals surface area contributed by atoms with E-state index in [4.69, 9.17) is 16.0 Å². The summed E-state index contributed by atoms with van der Waals surface area (Å²) in [6, 6.07) is 6.59. The molecule has 0 saturated carbocycles. The second-order valence-corrected chi connectivity index (χ2v) is 4.96. The van der Waals surface area contributed by atoms with Gasteiger partial charge in [0.1, 0.15) is 0 Å². The minimum Gasteiger partial charge on any atom is -0.407 e. The Labute approximate surface area is 116 Å². The summed E-state index contributed by atoms with van der Waals surface area (Å²) >= 11 is 6.20. The fourth-order valence-corrected chi connectivity index (χ4v) is 2.61. The fourth-order valence-electron chi connectivity index (χ4n) is 2.32. The summed E-state index contributed by atoms with van der Waals surface area (Å²) in [5.41, 5.74) is 2.46. The van der Waals surface area contributed by atoms with Crippen LogP contribution in [0.4, 0.5) is 6.01 Å². The van der Waals surface area contributed by atoms with E-state index in [2.05, 4.69) is 26.5 Å². The lowest BCUT2D eigenvalue weighted by molar-refractivity contribution is 0.466. The second-order valence-electron chi connectivity index (χ2n) is 4.56. The van der Waals surface area contributed by atoms with Crippen molar-refractivity contribution in [3.05, 3.63) is 40.2 Å². The zero-order valence-corrected chi connectivity index (χ0v) is 11.4. The molecule has 0 amide bonds. The van der Waals surface area contributed by atoms with Gasteiger partial charge in [0.15, 0.2) is 0 Å². The van der Waals surface area contributed by atoms with Crippen LogP contribution in [0, 0.1) is 0 Å². The molecular formula is C13H15ClN4O. The number of halogens is 1. The van der Waals surface area contributed by atoms with E-state index < -0.39 is 0 Å². The lowest BCUT2D eigenvalue weighted by Crippen LogP contribution is -2.30. The van der Waals surface area contributed by atoms with Gasteiger partial charge in [-0.15, -0.1) is 5.10 Å². The minimum atomic E-state index is 0.580. The van der Waals surface area contributed by atoms with Crippen molar-refractivity contribution in [1.29, 1.82) is 0 Å². The molecule has 0 atom stereocenters. The Morgan fingerprint density at radius 1 is 1.42 bits per heavy atom. The van der Waals surface area contributed by atoms with Crippen LogP contribution in [0.5, 0.6) is 0 Å². The topological polar surface area (TPSA) is 54.2 Å². The summed E-state index contributed by atoms with van der Waals surface area (Å²) in [4.78, 5) is 2.09. The molecule has 0 spiro atoms. The number of hydrogen-bond acceptors (Lipinski definition) is 5. The van der Waals surface area contributed by atoms with Crippen LogP contribution in [0.15, 0.2) is 22.6 Å². The maximum absolute atomic E-state index is 6.20. The molecule has 0 bridgehead atoms. The van der Waals surface area contributed by atoms with Crippen LogP contribution >= 0.6 is 11.6 Å². The lowest BCUT2D eigenvalue weighted by Gasteiger charge is -2.27. The van der Waals surface area contributed by atoms with Crippen LogP contribution in [0.1, 0.15) is 17.0 Å². The van der Waals surface area contributed by atoms with Crippen LogP contribution < -0.4 is 10.2 Å². The van der Waals surface area contributed by atoms with Gasteiger partial charge in [0.2, 0.25) is 5.89 Å². The molecule has 19 heavy (non-hydrogen) atoms. The quantitative estimate of drug-likeness (QED) is 0.931. The zero-order valence-electron chi connectivity index (χ0n) is 10.7. The molecule has 0 aliphatic carbocycles. The average Bonchev–Trinajstić information content (AvgIpc) is 2.88. The summed E-state index contributed by atoms with van der Waals surface area (Å²) in [7, 11) is 1.85. The molecule has 1 aromatic carbocycles. The number of nitrogens with zero attached hydrogens (tertiary/aromatic N) is 3. The van der Waals surface area contributed by atoms with Gasteiger partial charge >= 0.3 is 6.01 Å². The van der Waals surface area contributed by atoms with E-state index in [1.54, 1.807) is 0 Å². The van der Waals surface area contributed by atoms with Gasteiger partial charge in [-0.25, -0.2) is 0 Å². The van der Waals surface area contributed by atoms with Crippen LogP contribution in [-0.4, -0.2) is 23.8 Å². The van der Waals surface area contributed by atoms with E-state index in [9.17, 15) is 0 Å². The maximum Gasteiger partial charge on any atom is 0.318 e. The Hall–Kier alpha value is -1.59. The van der Waals surface area contributed by atoms with E-state index in [0.29, 0.717) is 18.5 Å². The SMILES string of the molecule is CNCc1nnc(N2CCc3c(Cl)cccc3C2)o1. The third-order valence-corrected chi connectivity index (χ3v) is 3.62. The van der Waals surface area contributed by atoms with E-state index in [1.165, 1.54) is 11.1 Å². The molecule has 2 heterocycles. The minimum absolute atomic E-state index is 0.580. The Morgan fingerprint density at radius 3 is 3.16 bits per heavy atom. The molecule has 0 fully saturated rings. The molecule has 3 rings (SSSR count). The standard InChI is InChI=1S/C13H15ClN4O/c1-15-7-12-16-17-13(19-12)18-6-5-10-9(8-18)3-2-4-11(10)14/h2-4,15H,5-8H2,1H3. The highest BCUT2D eigenvalue weighted by Gasteiger charge is 2.22. The summed E-state index contributed by atoms with van der Waals surface area (Å²) in [5.74, 6) is 0.606. The normalized spacial score (nSPS) is 14.5. The van der Waals surface area contributed by atoms with Crippen LogP contribution in [-0.2, 0) is 19.5 Å². The molecular weight excluding hydrogens is 264 g/mol. The van der Waals surface area contributed by atoms with Gasteiger partial charge in [0, 0.05) is 18.1 Å². The number of rotatable bonds is 3. The van der Waals surface area contributed by atoms with Gasteiger partial charge in [0.05, 0.1) is 6.54 Å². The van der Waals surface area contributed by atoms with Crippen molar-refractivity contribution in [2.45, 2.75) is 19.5 Å². The van der Waals surface area contributed by atoms with Gasteiger partial charge < -0.3 is 14.6 Å². The first-order valence-electron chi connectivity index (χ1n) is 6.26. The van der Waals surface area contributed by atoms with Crippen molar-refractivity contribution in [2.75, 3.05) is 18.5 Å². The van der Waals surface area contributed by atoms with E-state index >= 15 is 0 Å². The van der Waals surface area contributed by atoms with Crippen molar-refractivity contribution < 1.29 is 4.42 Å². The molecule has 1 aliphatic heterocycles. The van der Waals surface area contributed by atoms with Crippen molar-refractivity contribution in [2.24, 2.45) is 0 Å². The highest BCUT2D eigenvalue weighted by atomic mass is 35.5. The summed E-state index contributed by atoms with van der Waals surface area (Å²) in [6.07, 6.45) is 0.902. The molecule has 1 aromatic heterocycles. The Bertz CT molecular complexity index is 584. The molecule has 1 N–H and O–H groups in total. The molecule has 100 valence electrons. The largest absolute Gasteiger partial charge is 0.407 e. The predicted octanol–water partition coefficient (Wildman–Crippen LogP) is 2.01. The van der Waals surface area contributed by atoms with Gasteiger partial charge in [0.25, 0.3) is 0 Å². The summed E-state index contributed by atoms with van der Waals surface area (Å²) < 4.78 is 5.62. The summed E-state index contributed by atoms with van der Waals surface area (Å²) in [6.45, 7) is 2.19. The maximum atomic E-state index is 6.20. The number of fused-ring (bicyclic) bond motifs is 1. The van der Waals surface area contributed by atoms with Crippen LogP contribution in [0.25, 0.3) is 0 Å². The van der Waals surface area contributed by atoms with Crippen molar-refractivity contribution in [1.82, 2.24) is 15.5 Å². The first-order chi connectivity index (χ1) is 9.28. The first kappa shape index (κ1) is 12.4. The predicted molar refractivity (Wildman–Crippen MR) is 73.3 cm³/mol. The van der Waals surface area contributed by atoms with Gasteiger partial charge in [-0.2, -0.15) is 0 Å². The molecule has 0 unspecified atom stereocenters. The fraction of sp³-hybridized carbons (Fsp3) is 0.385. The lowest BCUT2D eigenvalue weighted by atomic mass is 10.0. The Morgan fingerprint density at radius 2 is 2.32 bits per heavy atom. The number of nitrogens with one attached hydrogen (secondary N) is 1. The van der Waals surface area contributed by atoms with E-state index in [-0.39, 0.29) is 0 Å². The van der Waals surface area contributed by atoms with Crippen molar-refractivity contribution in [3.8, 4) is 0 Å². The third kappa shape index (κ3) is 2.43. The summed E-state index contributed by atoms with van der Waals surface area (Å²) in [5, 5.41) is 11.9. The van der Waals surface area contributed by atoms with Gasteiger partial charge in [-0.3, -0.25) is 0 Å². The third-order valence-electron chi connectivity index (χ3n) is 3.26. The number of anilines is 1. The molecule has 1 aliphatic rings. The highest BCUT2D eigenvalue weighted by molar-refractivity contribution is 6.31. The van der Waals surface area contributed by atoms with Crippen LogP contribution in [0.3, 0.4) is 0 Å². The molecule has 6 heteroatoms. The number of hydrogen-bond donors (Lipinski definition) is 1. The van der Waals surface area contributed by atoms with Crippen molar-refractivity contribution >= 4 is 17.6 Å². The molecule has 0 saturated heterocycles. The van der Waals surface area contributed by atoms with Crippen molar-refractivity contribution in [3.63, 3.8) is 0 Å². The average molecular weight is 279 g/mol. The highest BCUT2D eigenvalue weighted by Crippen LogP contribution is 2.28. The van der Waals surface area contributed by atoms with Gasteiger partial charge in [-0.05, 0) is 30.7 Å². The van der Waals surface area contributed by atoms with E-state index in [1.807, 2.05) is 19.2 Å². The first-order valence-corrected chi connectivity index (χ1v) is 6.64. The van der Waals surface area contributed by atoms with E-state index in [0.717, 1.165) is 24.5 Å². The van der Waals surface area contributed by atoms with Gasteiger partial charge in [-0.1, -0.05) is 28.8 Å².